The first kappa shape index (κ1) is 10.5. The van der Waals surface area contributed by atoms with Gasteiger partial charge in [0.1, 0.15) is 0 Å². The van der Waals surface area contributed by atoms with Crippen LogP contribution in [0.1, 0.15) is 52.4 Å². The minimum absolute atomic E-state index is 0.500. The van der Waals surface area contributed by atoms with Gasteiger partial charge in [-0.3, -0.25) is 0 Å². The van der Waals surface area contributed by atoms with E-state index in [0.29, 0.717) is 6.04 Å². The molecule has 0 saturated heterocycles. The molecule has 0 bridgehead atoms. The van der Waals surface area contributed by atoms with Crippen molar-refractivity contribution in [1.82, 2.24) is 0 Å². The first-order valence-electron chi connectivity index (χ1n) is 6.48. The maximum absolute atomic E-state index is 6.03. The highest BCUT2D eigenvalue weighted by molar-refractivity contribution is 4.93. The van der Waals surface area contributed by atoms with Gasteiger partial charge < -0.3 is 5.73 Å². The molecule has 14 heavy (non-hydrogen) atoms. The van der Waals surface area contributed by atoms with E-state index >= 15 is 0 Å². The van der Waals surface area contributed by atoms with E-state index in [1.54, 1.807) is 0 Å². The zero-order chi connectivity index (χ0) is 10.1. The second-order valence-corrected chi connectivity index (χ2v) is 5.64. The van der Waals surface area contributed by atoms with Crippen molar-refractivity contribution < 1.29 is 0 Å². The third kappa shape index (κ3) is 2.50. The first-order chi connectivity index (χ1) is 6.72. The molecule has 2 saturated carbocycles. The largest absolute Gasteiger partial charge is 0.327 e. The molecular formula is C13H25N. The van der Waals surface area contributed by atoms with Gasteiger partial charge >= 0.3 is 0 Å². The molecular weight excluding hydrogens is 170 g/mol. The summed E-state index contributed by atoms with van der Waals surface area (Å²) in [4.78, 5) is 0. The van der Waals surface area contributed by atoms with E-state index in [4.69, 9.17) is 5.73 Å². The molecule has 2 aliphatic carbocycles. The molecule has 1 nitrogen and oxygen atoms in total. The van der Waals surface area contributed by atoms with Crippen LogP contribution in [0.15, 0.2) is 0 Å². The molecule has 0 heterocycles. The predicted molar refractivity (Wildman–Crippen MR) is 61.0 cm³/mol. The van der Waals surface area contributed by atoms with Crippen molar-refractivity contribution in [3.8, 4) is 0 Å². The highest BCUT2D eigenvalue weighted by atomic mass is 14.7. The third-order valence-electron chi connectivity index (χ3n) is 4.42. The van der Waals surface area contributed by atoms with Gasteiger partial charge in [0.05, 0.1) is 0 Å². The van der Waals surface area contributed by atoms with E-state index in [2.05, 4.69) is 13.8 Å². The molecule has 1 heteroatoms. The van der Waals surface area contributed by atoms with E-state index in [-0.39, 0.29) is 0 Å². The molecule has 0 aromatic heterocycles. The third-order valence-corrected chi connectivity index (χ3v) is 4.42. The Morgan fingerprint density at radius 2 is 1.86 bits per heavy atom. The van der Waals surface area contributed by atoms with Gasteiger partial charge in [-0.15, -0.1) is 0 Å². The Kier molecular flexibility index (Phi) is 3.16. The average Bonchev–Trinajstić information content (AvgIpc) is 3.05. The van der Waals surface area contributed by atoms with Crippen LogP contribution in [0.3, 0.4) is 0 Å². The zero-order valence-electron chi connectivity index (χ0n) is 9.71. The second kappa shape index (κ2) is 4.22. The molecule has 2 N–H and O–H groups in total. The Bertz CT molecular complexity index is 190. The maximum Gasteiger partial charge on any atom is 0.00672 e. The van der Waals surface area contributed by atoms with Crippen molar-refractivity contribution >= 4 is 0 Å². The van der Waals surface area contributed by atoms with Crippen molar-refractivity contribution in [2.75, 3.05) is 0 Å². The van der Waals surface area contributed by atoms with Crippen LogP contribution < -0.4 is 5.73 Å². The van der Waals surface area contributed by atoms with Gasteiger partial charge in [-0.2, -0.15) is 0 Å². The van der Waals surface area contributed by atoms with E-state index in [1.165, 1.54) is 38.5 Å². The molecule has 2 fully saturated rings. The summed E-state index contributed by atoms with van der Waals surface area (Å²) in [6.45, 7) is 4.60. The maximum atomic E-state index is 6.03. The lowest BCUT2D eigenvalue weighted by Crippen LogP contribution is -2.21. The van der Waals surface area contributed by atoms with Crippen LogP contribution >= 0.6 is 0 Å². The van der Waals surface area contributed by atoms with Gasteiger partial charge in [-0.05, 0) is 42.9 Å². The van der Waals surface area contributed by atoms with Gasteiger partial charge in [0.2, 0.25) is 0 Å². The minimum atomic E-state index is 0.500. The lowest BCUT2D eigenvalue weighted by molar-refractivity contribution is 0.495. The SMILES string of the molecule is CC[C@H](N)[C@@H]1CC1CCC[C@H]1CC1C. The number of hydrogen-bond donors (Lipinski definition) is 1. The quantitative estimate of drug-likeness (QED) is 0.692. The normalized spacial score (nSPS) is 42.2. The first-order valence-corrected chi connectivity index (χ1v) is 6.48. The van der Waals surface area contributed by atoms with Crippen LogP contribution in [0.5, 0.6) is 0 Å². The minimum Gasteiger partial charge on any atom is -0.327 e. The predicted octanol–water partition coefficient (Wildman–Crippen LogP) is 3.19. The van der Waals surface area contributed by atoms with Crippen molar-refractivity contribution in [1.29, 1.82) is 0 Å². The van der Waals surface area contributed by atoms with Crippen LogP contribution in [0.4, 0.5) is 0 Å². The van der Waals surface area contributed by atoms with Gasteiger partial charge in [0, 0.05) is 6.04 Å². The fraction of sp³-hybridized carbons (Fsp3) is 1.00. The molecule has 82 valence electrons. The second-order valence-electron chi connectivity index (χ2n) is 5.64. The molecule has 0 aromatic carbocycles. The lowest BCUT2D eigenvalue weighted by atomic mass is 10.0. The van der Waals surface area contributed by atoms with Gasteiger partial charge in [0.15, 0.2) is 0 Å². The molecule has 0 aromatic rings. The summed E-state index contributed by atoms with van der Waals surface area (Å²) < 4.78 is 0. The summed E-state index contributed by atoms with van der Waals surface area (Å²) in [5.41, 5.74) is 6.03. The standard InChI is InChI=1S/C13H25N/c1-3-13(14)12-8-11(12)6-4-5-10-7-9(10)2/h9-13H,3-8,14H2,1-2H3/t9?,10-,11?,12+,13-/m0/s1. The summed E-state index contributed by atoms with van der Waals surface area (Å²) in [6, 6.07) is 0.500. The molecule has 2 aliphatic rings. The smallest absolute Gasteiger partial charge is 0.00672 e. The Morgan fingerprint density at radius 3 is 2.43 bits per heavy atom. The van der Waals surface area contributed by atoms with Crippen LogP contribution in [-0.2, 0) is 0 Å². The lowest BCUT2D eigenvalue weighted by Gasteiger charge is -2.07. The monoisotopic (exact) mass is 195 g/mol. The molecule has 2 rings (SSSR count). The van der Waals surface area contributed by atoms with Gasteiger partial charge in [-0.25, -0.2) is 0 Å². The molecule has 0 spiro atoms. The Labute approximate surface area is 88.4 Å². The highest BCUT2D eigenvalue weighted by Gasteiger charge is 2.40. The topological polar surface area (TPSA) is 26.0 Å². The summed E-state index contributed by atoms with van der Waals surface area (Å²) in [7, 11) is 0. The fourth-order valence-corrected chi connectivity index (χ4v) is 2.87. The summed E-state index contributed by atoms with van der Waals surface area (Å²) in [5.74, 6) is 4.02. The summed E-state index contributed by atoms with van der Waals surface area (Å²) >= 11 is 0. The van der Waals surface area contributed by atoms with E-state index in [1.807, 2.05) is 0 Å². The van der Waals surface area contributed by atoms with Crippen LogP contribution in [0, 0.1) is 23.7 Å². The van der Waals surface area contributed by atoms with Crippen molar-refractivity contribution in [2.45, 2.75) is 58.4 Å². The van der Waals surface area contributed by atoms with E-state index < -0.39 is 0 Å². The summed E-state index contributed by atoms with van der Waals surface area (Å²) in [5, 5.41) is 0. The Hall–Kier alpha value is -0.0400. The van der Waals surface area contributed by atoms with E-state index in [0.717, 1.165) is 23.7 Å². The number of hydrogen-bond acceptors (Lipinski definition) is 1. The Balaban J connectivity index is 1.51. The van der Waals surface area contributed by atoms with Crippen LogP contribution in [0.2, 0.25) is 0 Å². The summed E-state index contributed by atoms with van der Waals surface area (Å²) in [6.07, 6.45) is 8.51. The highest BCUT2D eigenvalue weighted by Crippen LogP contribution is 2.47. The molecule has 5 atom stereocenters. The Morgan fingerprint density at radius 1 is 1.21 bits per heavy atom. The van der Waals surface area contributed by atoms with E-state index in [9.17, 15) is 0 Å². The molecule has 2 unspecified atom stereocenters. The number of nitrogens with two attached hydrogens (primary N) is 1. The zero-order valence-corrected chi connectivity index (χ0v) is 9.71. The van der Waals surface area contributed by atoms with Crippen molar-refractivity contribution in [3.05, 3.63) is 0 Å². The molecule has 0 amide bonds. The average molecular weight is 195 g/mol. The fourth-order valence-electron chi connectivity index (χ4n) is 2.87. The van der Waals surface area contributed by atoms with Crippen LogP contribution in [0.25, 0.3) is 0 Å². The van der Waals surface area contributed by atoms with Crippen molar-refractivity contribution in [3.63, 3.8) is 0 Å². The van der Waals surface area contributed by atoms with Gasteiger partial charge in [-0.1, -0.05) is 33.1 Å². The molecule has 0 aliphatic heterocycles. The molecule has 0 radical (unpaired) electrons. The van der Waals surface area contributed by atoms with Crippen molar-refractivity contribution in [2.24, 2.45) is 29.4 Å². The van der Waals surface area contributed by atoms with Crippen LogP contribution in [-0.4, -0.2) is 6.04 Å². The van der Waals surface area contributed by atoms with Gasteiger partial charge in [0.25, 0.3) is 0 Å². The number of rotatable bonds is 6.